The summed E-state index contributed by atoms with van der Waals surface area (Å²) >= 11 is 0. The lowest BCUT2D eigenvalue weighted by atomic mass is 9.94. The van der Waals surface area contributed by atoms with Crippen LogP contribution < -0.4 is 5.48 Å². The van der Waals surface area contributed by atoms with E-state index in [0.29, 0.717) is 12.5 Å². The SMILES string of the molecule is O=C1NOCC(C2CCCCCC2)O1. The molecule has 1 saturated heterocycles. The number of cyclic esters (lactones) is 1. The van der Waals surface area contributed by atoms with Gasteiger partial charge in [-0.3, -0.25) is 4.84 Å². The Morgan fingerprint density at radius 3 is 2.50 bits per heavy atom. The molecule has 1 aliphatic carbocycles. The second kappa shape index (κ2) is 4.64. The van der Waals surface area contributed by atoms with E-state index in [4.69, 9.17) is 9.57 Å². The number of carbonyl (C=O) groups excluding carboxylic acids is 1. The highest BCUT2D eigenvalue weighted by Crippen LogP contribution is 2.27. The molecule has 0 spiro atoms. The molecule has 4 nitrogen and oxygen atoms in total. The lowest BCUT2D eigenvalue weighted by Crippen LogP contribution is -2.43. The van der Waals surface area contributed by atoms with Crippen molar-refractivity contribution in [2.75, 3.05) is 6.61 Å². The average Bonchev–Trinajstić information content (AvgIpc) is 2.45. The maximum absolute atomic E-state index is 10.9. The number of hydroxylamine groups is 1. The van der Waals surface area contributed by atoms with Crippen molar-refractivity contribution < 1.29 is 14.4 Å². The predicted octanol–water partition coefficient (Wildman–Crippen LogP) is 2.00. The third-order valence-electron chi connectivity index (χ3n) is 3.09. The molecule has 0 radical (unpaired) electrons. The highest BCUT2D eigenvalue weighted by Gasteiger charge is 2.29. The molecule has 0 aromatic heterocycles. The summed E-state index contributed by atoms with van der Waals surface area (Å²) in [4.78, 5) is 15.9. The smallest absolute Gasteiger partial charge is 0.431 e. The Kier molecular flexibility index (Phi) is 3.24. The summed E-state index contributed by atoms with van der Waals surface area (Å²) in [5, 5.41) is 0. The maximum Gasteiger partial charge on any atom is 0.431 e. The van der Waals surface area contributed by atoms with Gasteiger partial charge < -0.3 is 4.74 Å². The molecule has 14 heavy (non-hydrogen) atoms. The van der Waals surface area contributed by atoms with E-state index in [1.54, 1.807) is 0 Å². The van der Waals surface area contributed by atoms with E-state index in [1.807, 2.05) is 0 Å². The molecule has 1 heterocycles. The highest BCUT2D eigenvalue weighted by molar-refractivity contribution is 5.66. The van der Waals surface area contributed by atoms with Gasteiger partial charge in [0, 0.05) is 0 Å². The van der Waals surface area contributed by atoms with E-state index in [2.05, 4.69) is 5.48 Å². The predicted molar refractivity (Wildman–Crippen MR) is 50.5 cm³/mol. The third kappa shape index (κ3) is 2.38. The normalized spacial score (nSPS) is 30.3. The first-order chi connectivity index (χ1) is 6.86. The largest absolute Gasteiger partial charge is 0.442 e. The van der Waals surface area contributed by atoms with Crippen molar-refractivity contribution in [1.82, 2.24) is 5.48 Å². The first-order valence-corrected chi connectivity index (χ1v) is 5.44. The molecule has 80 valence electrons. The van der Waals surface area contributed by atoms with Crippen molar-refractivity contribution in [3.63, 3.8) is 0 Å². The van der Waals surface area contributed by atoms with Crippen LogP contribution in [-0.2, 0) is 9.57 Å². The van der Waals surface area contributed by atoms with Crippen LogP contribution in [0.15, 0.2) is 0 Å². The Bertz CT molecular complexity index is 200. The zero-order valence-electron chi connectivity index (χ0n) is 8.33. The van der Waals surface area contributed by atoms with E-state index in [0.717, 1.165) is 0 Å². The van der Waals surface area contributed by atoms with Gasteiger partial charge in [-0.15, -0.1) is 0 Å². The third-order valence-corrected chi connectivity index (χ3v) is 3.09. The number of amides is 1. The number of ether oxygens (including phenoxy) is 1. The molecule has 4 heteroatoms. The summed E-state index contributed by atoms with van der Waals surface area (Å²) < 4.78 is 5.21. The van der Waals surface area contributed by atoms with E-state index in [1.165, 1.54) is 38.5 Å². The van der Waals surface area contributed by atoms with E-state index in [-0.39, 0.29) is 6.10 Å². The Labute approximate surface area is 83.9 Å². The number of hydrogen-bond acceptors (Lipinski definition) is 3. The average molecular weight is 199 g/mol. The standard InChI is InChI=1S/C10H17NO3/c12-10-11-13-7-9(14-10)8-5-3-1-2-4-6-8/h8-9H,1-7H2,(H,11,12). The molecule has 1 amide bonds. The van der Waals surface area contributed by atoms with Gasteiger partial charge in [0.05, 0.1) is 0 Å². The number of carbonyl (C=O) groups is 1. The van der Waals surface area contributed by atoms with Crippen molar-refractivity contribution in [2.45, 2.75) is 44.6 Å². The van der Waals surface area contributed by atoms with Gasteiger partial charge in [-0.05, 0) is 18.8 Å². The van der Waals surface area contributed by atoms with Gasteiger partial charge in [-0.2, -0.15) is 5.48 Å². The zero-order chi connectivity index (χ0) is 9.80. The number of hydrogen-bond donors (Lipinski definition) is 1. The molecule has 0 aromatic rings. The molecule has 2 rings (SSSR count). The Hall–Kier alpha value is -0.770. The van der Waals surface area contributed by atoms with Gasteiger partial charge in [0.15, 0.2) is 0 Å². The summed E-state index contributed by atoms with van der Waals surface area (Å²) in [5.74, 6) is 0.503. The van der Waals surface area contributed by atoms with Gasteiger partial charge in [0.1, 0.15) is 12.7 Å². The van der Waals surface area contributed by atoms with Crippen molar-refractivity contribution in [3.05, 3.63) is 0 Å². The summed E-state index contributed by atoms with van der Waals surface area (Å²) in [6.07, 6.45) is 7.01. The van der Waals surface area contributed by atoms with E-state index < -0.39 is 6.09 Å². The molecule has 2 fully saturated rings. The minimum atomic E-state index is -0.439. The topological polar surface area (TPSA) is 47.6 Å². The lowest BCUT2D eigenvalue weighted by molar-refractivity contribution is -0.0934. The number of nitrogens with one attached hydrogen (secondary N) is 1. The van der Waals surface area contributed by atoms with Crippen LogP contribution in [-0.4, -0.2) is 18.8 Å². The molecule has 2 aliphatic rings. The van der Waals surface area contributed by atoms with Crippen LogP contribution >= 0.6 is 0 Å². The summed E-state index contributed by atoms with van der Waals surface area (Å²) in [6, 6.07) is 0. The molecule has 0 aromatic carbocycles. The molecular formula is C10H17NO3. The molecule has 1 saturated carbocycles. The number of rotatable bonds is 1. The Balaban J connectivity index is 1.88. The van der Waals surface area contributed by atoms with Crippen molar-refractivity contribution in [1.29, 1.82) is 0 Å². The quantitative estimate of drug-likeness (QED) is 0.657. The Morgan fingerprint density at radius 1 is 1.14 bits per heavy atom. The lowest BCUT2D eigenvalue weighted by Gasteiger charge is -2.29. The van der Waals surface area contributed by atoms with Gasteiger partial charge >= 0.3 is 6.09 Å². The molecule has 1 unspecified atom stereocenters. The fourth-order valence-corrected chi connectivity index (χ4v) is 2.29. The Morgan fingerprint density at radius 2 is 1.86 bits per heavy atom. The van der Waals surface area contributed by atoms with Crippen LogP contribution in [0, 0.1) is 5.92 Å². The van der Waals surface area contributed by atoms with Crippen LogP contribution in [0.4, 0.5) is 4.79 Å². The van der Waals surface area contributed by atoms with E-state index in [9.17, 15) is 4.79 Å². The highest BCUT2D eigenvalue weighted by atomic mass is 16.7. The molecule has 1 N–H and O–H groups in total. The van der Waals surface area contributed by atoms with Crippen LogP contribution in [0.3, 0.4) is 0 Å². The second-order valence-corrected chi connectivity index (χ2v) is 4.11. The molecule has 1 atom stereocenters. The molecule has 1 aliphatic heterocycles. The first kappa shape index (κ1) is 9.77. The summed E-state index contributed by atoms with van der Waals surface area (Å²) in [5.41, 5.74) is 2.21. The summed E-state index contributed by atoms with van der Waals surface area (Å²) in [7, 11) is 0. The van der Waals surface area contributed by atoms with Crippen molar-refractivity contribution >= 4 is 6.09 Å². The maximum atomic E-state index is 10.9. The minimum Gasteiger partial charge on any atom is -0.442 e. The molecular weight excluding hydrogens is 182 g/mol. The minimum absolute atomic E-state index is 0.0261. The fraction of sp³-hybridized carbons (Fsp3) is 0.900. The van der Waals surface area contributed by atoms with Crippen molar-refractivity contribution in [3.8, 4) is 0 Å². The zero-order valence-corrected chi connectivity index (χ0v) is 8.33. The van der Waals surface area contributed by atoms with Crippen LogP contribution in [0.2, 0.25) is 0 Å². The van der Waals surface area contributed by atoms with Crippen molar-refractivity contribution in [2.24, 2.45) is 5.92 Å². The van der Waals surface area contributed by atoms with Gasteiger partial charge in [-0.25, -0.2) is 4.79 Å². The first-order valence-electron chi connectivity index (χ1n) is 5.44. The van der Waals surface area contributed by atoms with E-state index >= 15 is 0 Å². The second-order valence-electron chi connectivity index (χ2n) is 4.11. The van der Waals surface area contributed by atoms with Crippen LogP contribution in [0.1, 0.15) is 38.5 Å². The monoisotopic (exact) mass is 199 g/mol. The van der Waals surface area contributed by atoms with Crippen LogP contribution in [0.5, 0.6) is 0 Å². The summed E-state index contributed by atoms with van der Waals surface area (Å²) in [6.45, 7) is 0.496. The fourth-order valence-electron chi connectivity index (χ4n) is 2.29. The molecule has 0 bridgehead atoms. The van der Waals surface area contributed by atoms with Gasteiger partial charge in [0.25, 0.3) is 0 Å². The van der Waals surface area contributed by atoms with Gasteiger partial charge in [-0.1, -0.05) is 25.7 Å². The van der Waals surface area contributed by atoms with Gasteiger partial charge in [0.2, 0.25) is 0 Å². The van der Waals surface area contributed by atoms with Crippen LogP contribution in [0.25, 0.3) is 0 Å².